The molecule has 0 bridgehead atoms. The first-order valence-corrected chi connectivity index (χ1v) is 10.3. The summed E-state index contributed by atoms with van der Waals surface area (Å²) >= 11 is 1.26. The van der Waals surface area contributed by atoms with E-state index in [4.69, 9.17) is 4.74 Å². The number of rotatable bonds is 5. The number of nitrogens with one attached hydrogen (secondary N) is 2. The Morgan fingerprint density at radius 1 is 1.28 bits per heavy atom. The number of ether oxygens (including phenoxy) is 1. The number of sulfone groups is 1. The van der Waals surface area contributed by atoms with Crippen LogP contribution in [0.4, 0.5) is 5.00 Å². The molecule has 1 aliphatic rings. The summed E-state index contributed by atoms with van der Waals surface area (Å²) in [4.78, 5) is 36.2. The Kier molecular flexibility index (Phi) is 5.83. The first kappa shape index (κ1) is 19.4. The molecule has 138 valence electrons. The normalized spacial score (nSPS) is 18.6. The molecule has 0 aliphatic carbocycles. The topological polar surface area (TPSA) is 119 Å². The molecule has 25 heavy (non-hydrogen) atoms. The van der Waals surface area contributed by atoms with Crippen molar-refractivity contribution in [3.63, 3.8) is 0 Å². The van der Waals surface area contributed by atoms with E-state index < -0.39 is 34.4 Å². The number of anilines is 1. The summed E-state index contributed by atoms with van der Waals surface area (Å²) in [6.45, 7) is 4.37. The number of carbonyl (C=O) groups is 3. The van der Waals surface area contributed by atoms with Crippen LogP contribution in [0.1, 0.15) is 34.1 Å². The van der Waals surface area contributed by atoms with Crippen LogP contribution in [0.2, 0.25) is 0 Å². The summed E-state index contributed by atoms with van der Waals surface area (Å²) in [6.07, 6.45) is 0.359. The molecule has 2 heterocycles. The quantitative estimate of drug-likeness (QED) is 0.720. The van der Waals surface area contributed by atoms with Crippen LogP contribution >= 0.6 is 11.3 Å². The van der Waals surface area contributed by atoms with Crippen molar-refractivity contribution in [2.24, 2.45) is 0 Å². The maximum atomic E-state index is 12.3. The second-order valence-corrected chi connectivity index (χ2v) is 9.37. The monoisotopic (exact) mass is 388 g/mol. The van der Waals surface area contributed by atoms with Crippen LogP contribution in [0.25, 0.3) is 0 Å². The van der Waals surface area contributed by atoms with Crippen LogP contribution in [0.5, 0.6) is 0 Å². The Morgan fingerprint density at radius 3 is 2.52 bits per heavy atom. The average molecular weight is 388 g/mol. The molecular formula is C15H20N2O6S2. The van der Waals surface area contributed by atoms with Crippen LogP contribution in [-0.4, -0.2) is 50.4 Å². The highest BCUT2D eigenvalue weighted by atomic mass is 32.2. The molecule has 1 aromatic rings. The average Bonchev–Trinajstić information content (AvgIpc) is 2.95. The lowest BCUT2D eigenvalue weighted by atomic mass is 10.1. The van der Waals surface area contributed by atoms with Crippen LogP contribution in [0, 0.1) is 13.8 Å². The summed E-state index contributed by atoms with van der Waals surface area (Å²) in [7, 11) is -3.10. The van der Waals surface area contributed by atoms with Crippen molar-refractivity contribution in [2.75, 3.05) is 23.4 Å². The molecule has 1 aliphatic heterocycles. The first-order chi connectivity index (χ1) is 11.6. The van der Waals surface area contributed by atoms with Gasteiger partial charge >= 0.3 is 5.97 Å². The molecule has 0 spiro atoms. The lowest BCUT2D eigenvalue weighted by Gasteiger charge is -2.11. The predicted octanol–water partition coefficient (Wildman–Crippen LogP) is 0.783. The molecular weight excluding hydrogens is 368 g/mol. The predicted molar refractivity (Wildman–Crippen MR) is 93.6 cm³/mol. The third kappa shape index (κ3) is 5.02. The molecule has 2 N–H and O–H groups in total. The van der Waals surface area contributed by atoms with Crippen molar-refractivity contribution in [3.05, 3.63) is 16.0 Å². The number of esters is 1. The highest BCUT2D eigenvalue weighted by Crippen LogP contribution is 2.32. The van der Waals surface area contributed by atoms with Gasteiger partial charge in [-0.05, 0) is 25.8 Å². The summed E-state index contributed by atoms with van der Waals surface area (Å²) < 4.78 is 27.8. The summed E-state index contributed by atoms with van der Waals surface area (Å²) in [6, 6.07) is -0.448. The van der Waals surface area contributed by atoms with E-state index in [1.165, 1.54) is 18.3 Å². The van der Waals surface area contributed by atoms with Crippen LogP contribution in [0.3, 0.4) is 0 Å². The molecule has 0 saturated carbocycles. The lowest BCUT2D eigenvalue weighted by molar-refractivity contribution is -0.124. The fraction of sp³-hybridized carbons (Fsp3) is 0.533. The van der Waals surface area contributed by atoms with E-state index in [9.17, 15) is 22.8 Å². The molecule has 0 aromatic carbocycles. The van der Waals surface area contributed by atoms with Gasteiger partial charge in [0.15, 0.2) is 16.4 Å². The van der Waals surface area contributed by atoms with E-state index in [1.807, 2.05) is 6.92 Å². The van der Waals surface area contributed by atoms with Gasteiger partial charge in [-0.15, -0.1) is 11.3 Å². The van der Waals surface area contributed by atoms with Gasteiger partial charge in [-0.1, -0.05) is 0 Å². The van der Waals surface area contributed by atoms with Crippen LogP contribution in [0.15, 0.2) is 0 Å². The molecule has 1 aromatic heterocycles. The number of thiophene rings is 1. The second kappa shape index (κ2) is 7.52. The first-order valence-electron chi connectivity index (χ1n) is 7.63. The number of hydrogen-bond acceptors (Lipinski definition) is 7. The Morgan fingerprint density at radius 2 is 1.96 bits per heavy atom. The molecule has 2 amide bonds. The van der Waals surface area contributed by atoms with Crippen LogP contribution in [-0.2, 0) is 24.2 Å². The minimum atomic E-state index is -3.10. The van der Waals surface area contributed by atoms with E-state index in [1.54, 1.807) is 6.92 Å². The third-order valence-electron chi connectivity index (χ3n) is 3.81. The highest BCUT2D eigenvalue weighted by Gasteiger charge is 2.29. The smallest absolute Gasteiger partial charge is 0.341 e. The fourth-order valence-electron chi connectivity index (χ4n) is 2.50. The van der Waals surface area contributed by atoms with Crippen molar-refractivity contribution >= 4 is 44.0 Å². The van der Waals surface area contributed by atoms with Gasteiger partial charge < -0.3 is 15.4 Å². The fourth-order valence-corrected chi connectivity index (χ4v) is 5.27. The zero-order valence-electron chi connectivity index (χ0n) is 14.2. The summed E-state index contributed by atoms with van der Waals surface area (Å²) in [5, 5.41) is 5.51. The van der Waals surface area contributed by atoms with Gasteiger partial charge in [0, 0.05) is 17.8 Å². The van der Waals surface area contributed by atoms with E-state index in [0.29, 0.717) is 17.0 Å². The molecule has 1 saturated heterocycles. The third-order valence-corrected chi connectivity index (χ3v) is 6.70. The van der Waals surface area contributed by atoms with Gasteiger partial charge in [0.1, 0.15) is 5.00 Å². The molecule has 2 rings (SSSR count). The maximum Gasteiger partial charge on any atom is 0.341 e. The molecule has 0 unspecified atom stereocenters. The standard InChI is InChI=1S/C15H20N2O6S2/c1-8-9(2)24-14(16-10(3)18)13(8)15(20)23-6-12(19)17-11-4-5-25(21,22)7-11/h11H,4-7H2,1-3H3,(H,16,18)(H,17,19)/t11-/m1/s1. The van der Waals surface area contributed by atoms with E-state index in [0.717, 1.165) is 4.88 Å². The second-order valence-electron chi connectivity index (χ2n) is 5.91. The van der Waals surface area contributed by atoms with Crippen molar-refractivity contribution in [2.45, 2.75) is 33.2 Å². The Bertz CT molecular complexity index is 812. The zero-order chi connectivity index (χ0) is 18.8. The van der Waals surface area contributed by atoms with Gasteiger partial charge in [0.05, 0.1) is 17.1 Å². The van der Waals surface area contributed by atoms with Crippen molar-refractivity contribution < 1.29 is 27.5 Å². The Balaban J connectivity index is 1.96. The highest BCUT2D eigenvalue weighted by molar-refractivity contribution is 7.91. The molecule has 1 fully saturated rings. The lowest BCUT2D eigenvalue weighted by Crippen LogP contribution is -2.38. The summed E-state index contributed by atoms with van der Waals surface area (Å²) in [5.74, 6) is -1.62. The van der Waals surface area contributed by atoms with Gasteiger partial charge in [-0.2, -0.15) is 0 Å². The Hall–Kier alpha value is -1.94. The van der Waals surface area contributed by atoms with Gasteiger partial charge in [0.2, 0.25) is 5.91 Å². The molecule has 1 atom stereocenters. The van der Waals surface area contributed by atoms with Gasteiger partial charge in [-0.25, -0.2) is 13.2 Å². The van der Waals surface area contributed by atoms with Gasteiger partial charge in [0.25, 0.3) is 5.91 Å². The minimum Gasteiger partial charge on any atom is -0.452 e. The van der Waals surface area contributed by atoms with E-state index in [-0.39, 0.29) is 23.0 Å². The maximum absolute atomic E-state index is 12.3. The molecule has 0 radical (unpaired) electrons. The SMILES string of the molecule is CC(=O)Nc1sc(C)c(C)c1C(=O)OCC(=O)N[C@@H]1CCS(=O)(=O)C1. The number of hydrogen-bond donors (Lipinski definition) is 2. The van der Waals surface area contributed by atoms with Crippen molar-refractivity contribution in [1.82, 2.24) is 5.32 Å². The van der Waals surface area contributed by atoms with E-state index >= 15 is 0 Å². The number of aryl methyl sites for hydroxylation is 1. The van der Waals surface area contributed by atoms with Gasteiger partial charge in [-0.3, -0.25) is 9.59 Å². The summed E-state index contributed by atoms with van der Waals surface area (Å²) in [5.41, 5.74) is 0.912. The largest absolute Gasteiger partial charge is 0.452 e. The number of amides is 2. The number of carbonyl (C=O) groups excluding carboxylic acids is 3. The zero-order valence-corrected chi connectivity index (χ0v) is 15.8. The van der Waals surface area contributed by atoms with Crippen molar-refractivity contribution in [3.8, 4) is 0 Å². The van der Waals surface area contributed by atoms with Crippen molar-refractivity contribution in [1.29, 1.82) is 0 Å². The van der Waals surface area contributed by atoms with E-state index in [2.05, 4.69) is 10.6 Å². The molecule has 8 nitrogen and oxygen atoms in total. The molecule has 10 heteroatoms. The minimum absolute atomic E-state index is 0.0468. The van der Waals surface area contributed by atoms with Crippen LogP contribution < -0.4 is 10.6 Å². The Labute approximate surface area is 149 Å².